The number of nitrogens with two attached hydrogens (primary N) is 1. The van der Waals surface area contributed by atoms with Crippen LogP contribution in [0.2, 0.25) is 0 Å². The number of aliphatic hydroxyl groups excluding tert-OH is 4. The second kappa shape index (κ2) is 34.7. The number of amides is 11. The summed E-state index contributed by atoms with van der Waals surface area (Å²) in [5.74, 6) is -12.7. The molecule has 0 aromatic carbocycles. The number of nitrogens with one attached hydrogen (secondary N) is 11. The number of cyclic esters (lactones) is 1. The van der Waals surface area contributed by atoms with E-state index in [1.165, 1.54) is 87.4 Å². The minimum atomic E-state index is -2.21. The minimum absolute atomic E-state index is 0.0184. The predicted molar refractivity (Wildman–Crippen MR) is 413 cm³/mol. The summed E-state index contributed by atoms with van der Waals surface area (Å²) in [5.41, 5.74) is -2.56. The van der Waals surface area contributed by atoms with Gasteiger partial charge in [-0.3, -0.25) is 68.0 Å². The number of aromatic nitrogens is 5. The van der Waals surface area contributed by atoms with Crippen molar-refractivity contribution in [2.24, 2.45) is 21.6 Å². The average Bonchev–Trinajstić information content (AvgIpc) is 1.66. The van der Waals surface area contributed by atoms with Crippen molar-refractivity contribution in [3.63, 3.8) is 0 Å². The standard InChI is InChI=1S/C71H81N19O18S5/c1-14-37-64-83-44(22-109-64)61(103)89-52(70(13,107)34(12)93)67-85-43(23-112-67)59(101)88-48-33(11)108-68(106)40-19-36(31(9)91)35-15-16-38(50(94)49(35)79-40)78-46(25(2)3)62(104)77-29(7)56(98)74-27(5)55(97)75-30(8)57(99)90-71(69-86-45(24-113-69)60(102)87-47(32(10)92)63(105)81-37)18-17-39(80-51(71)41-20-111-66(48)82-41)65-84-42(21-110-65)58(100)76-28(6)54(96)73-26(4)53(72)95/h14-16,19-21,23-25,30-34,38,44,46-48,50-52,78,91-94,107H,4-7,17-18,22H2,1-3,8-13H3,(H2,72,95)(H,73,96)(H,74,98)(H,75,97)(H,76,100)(H,77,104)(H,81,105)(H,87,102)(H,88,101)(H,89,103)(H,90,99)/b37-14-/t30-,31-,32+,33+,34+,38+,44+,46-,47-,48-,50-,51+,52+,70+,71+/m0/s1. The van der Waals surface area contributed by atoms with Gasteiger partial charge in [-0.25, -0.2) is 29.7 Å². The van der Waals surface area contributed by atoms with E-state index in [9.17, 15) is 68.7 Å². The third-order valence-electron chi connectivity index (χ3n) is 18.7. The lowest BCUT2D eigenvalue weighted by Gasteiger charge is -2.41. The van der Waals surface area contributed by atoms with Crippen LogP contribution in [0.5, 0.6) is 0 Å². The van der Waals surface area contributed by atoms with Gasteiger partial charge in [-0.05, 0) is 78.9 Å². The van der Waals surface area contributed by atoms with Crippen LogP contribution >= 0.6 is 57.1 Å². The smallest absolute Gasteiger partial charge is 0.357 e. The highest BCUT2D eigenvalue weighted by atomic mass is 32.2. The van der Waals surface area contributed by atoms with Gasteiger partial charge in [0.25, 0.3) is 41.4 Å². The number of hydrogen-bond acceptors (Lipinski definition) is 31. The van der Waals surface area contributed by atoms with Crippen LogP contribution < -0.4 is 64.2 Å². The van der Waals surface area contributed by atoms with E-state index in [4.69, 9.17) is 25.4 Å². The molecule has 0 unspecified atom stereocenters. The summed E-state index contributed by atoms with van der Waals surface area (Å²) in [6.45, 7) is 26.9. The lowest BCUT2D eigenvalue weighted by Crippen LogP contribution is -2.57. The number of fused-ring (bicyclic) bond motifs is 7. The predicted octanol–water partition coefficient (Wildman–Crippen LogP) is 0.509. The van der Waals surface area contributed by atoms with Gasteiger partial charge in [0.05, 0.1) is 76.0 Å². The van der Waals surface area contributed by atoms with Gasteiger partial charge in [0, 0.05) is 32.8 Å². The maximum absolute atomic E-state index is 15.4. The van der Waals surface area contributed by atoms with E-state index in [2.05, 4.69) is 105 Å². The topological polar surface area (TPSA) is 563 Å². The first-order valence-electron chi connectivity index (χ1n) is 34.8. The molecule has 42 heteroatoms. The van der Waals surface area contributed by atoms with E-state index in [1.807, 2.05) is 0 Å². The molecule has 15 atom stereocenters. The molecular weight excluding hydrogens is 1570 g/mol. The first kappa shape index (κ1) is 84.6. The lowest BCUT2D eigenvalue weighted by molar-refractivity contribution is -0.129. The molecule has 5 aromatic rings. The van der Waals surface area contributed by atoms with Gasteiger partial charge < -0.3 is 89.2 Å². The fourth-order valence-electron chi connectivity index (χ4n) is 12.0. The molecular formula is C71H81N19O18S5. The van der Waals surface area contributed by atoms with E-state index < -0.39 is 201 Å². The Morgan fingerprint density at radius 2 is 1.42 bits per heavy atom. The lowest BCUT2D eigenvalue weighted by atomic mass is 9.80. The van der Waals surface area contributed by atoms with E-state index in [1.54, 1.807) is 20.8 Å². The number of carbonyl (C=O) groups is 12. The number of allylic oxidation sites excluding steroid dienone is 1. The number of thiazole rings is 4. The Kier molecular flexibility index (Phi) is 26.0. The highest BCUT2D eigenvalue weighted by Gasteiger charge is 2.51. The third kappa shape index (κ3) is 18.5. The van der Waals surface area contributed by atoms with Crippen LogP contribution in [0.1, 0.15) is 190 Å². The normalized spacial score (nSPS) is 26.1. The van der Waals surface area contributed by atoms with Gasteiger partial charge in [0.1, 0.15) is 107 Å². The maximum Gasteiger partial charge on any atom is 0.357 e. The Hall–Kier alpha value is -10.8. The van der Waals surface area contributed by atoms with Crippen LogP contribution in [-0.2, 0) is 48.6 Å². The fraction of sp³-hybridized carbons (Fsp3) is 0.394. The monoisotopic (exact) mass is 1650 g/mol. The number of ether oxygens (including phenoxy) is 1. The molecule has 1 aliphatic carbocycles. The van der Waals surface area contributed by atoms with Crippen LogP contribution in [0.3, 0.4) is 0 Å². The Bertz CT molecular complexity index is 4920. The zero-order chi connectivity index (χ0) is 82.7. The molecule has 11 amide bonds. The van der Waals surface area contributed by atoms with Crippen molar-refractivity contribution in [1.29, 1.82) is 0 Å². The molecule has 13 bridgehead atoms. The summed E-state index contributed by atoms with van der Waals surface area (Å²) in [4.78, 5) is 203. The van der Waals surface area contributed by atoms with Crippen LogP contribution in [0.4, 0.5) is 0 Å². The van der Waals surface area contributed by atoms with Crippen molar-refractivity contribution < 1.29 is 87.8 Å². The maximum atomic E-state index is 15.4. The molecule has 0 spiro atoms. The minimum Gasteiger partial charge on any atom is -0.455 e. The summed E-state index contributed by atoms with van der Waals surface area (Å²) in [6, 6.07) is -10.4. The number of rotatable bonds is 11. The average molecular weight is 1650 g/mol. The Morgan fingerprint density at radius 1 is 0.743 bits per heavy atom. The summed E-state index contributed by atoms with van der Waals surface area (Å²) >= 11 is 4.39. The zero-order valence-electron chi connectivity index (χ0n) is 61.9. The van der Waals surface area contributed by atoms with Crippen molar-refractivity contribution in [2.45, 2.75) is 165 Å². The largest absolute Gasteiger partial charge is 0.455 e. The Labute approximate surface area is 664 Å². The molecule has 598 valence electrons. The summed E-state index contributed by atoms with van der Waals surface area (Å²) < 4.78 is 6.24. The van der Waals surface area contributed by atoms with Crippen molar-refractivity contribution in [3.8, 4) is 0 Å². The first-order valence-corrected chi connectivity index (χ1v) is 39.3. The molecule has 0 saturated carbocycles. The van der Waals surface area contributed by atoms with E-state index in [-0.39, 0.29) is 89.0 Å². The van der Waals surface area contributed by atoms with Gasteiger partial charge in [0.15, 0.2) is 0 Å². The molecule has 5 aromatic heterocycles. The van der Waals surface area contributed by atoms with E-state index >= 15 is 14.4 Å². The third-order valence-corrected chi connectivity index (χ3v) is 23.6. The number of aliphatic imine (C=N–C) groups is 2. The number of nitrogens with zero attached hydrogens (tertiary/aromatic N) is 7. The second-order valence-electron chi connectivity index (χ2n) is 27.4. The Balaban J connectivity index is 1.18. The molecule has 0 fully saturated rings. The van der Waals surface area contributed by atoms with Crippen molar-refractivity contribution >= 4 is 145 Å². The molecule has 4 aliphatic heterocycles. The number of thioether (sulfide) groups is 1. The molecule has 5 aliphatic rings. The number of hydrogen-bond donors (Lipinski definition) is 17. The molecule has 113 heavy (non-hydrogen) atoms. The summed E-state index contributed by atoms with van der Waals surface area (Å²) in [5, 5.41) is 91.5. The van der Waals surface area contributed by atoms with Crippen LogP contribution in [0.25, 0.3) is 6.08 Å². The quantitative estimate of drug-likeness (QED) is 0.0633. The number of pyridine rings is 1. The molecule has 9 heterocycles. The molecule has 18 N–H and O–H groups in total. The van der Waals surface area contributed by atoms with E-state index in [0.717, 1.165) is 57.1 Å². The summed E-state index contributed by atoms with van der Waals surface area (Å²) in [6.07, 6.45) is -3.71. The molecule has 10 rings (SSSR count). The number of primary amides is 1. The van der Waals surface area contributed by atoms with E-state index in [0.29, 0.717) is 0 Å². The molecule has 37 nitrogen and oxygen atoms in total. The van der Waals surface area contributed by atoms with Gasteiger partial charge in [-0.1, -0.05) is 58.4 Å². The summed E-state index contributed by atoms with van der Waals surface area (Å²) in [7, 11) is 0. The molecule has 0 radical (unpaired) electrons. The number of esters is 1. The SMILES string of the molecule is C=C(NC(=O)C(=C)NC(=O)c1csc(C2=N[C@@H]3c4csc(n4)[C@H]4NC(=O)c5csc(n5)[C@H]([C@](C)(O)[C@@H](C)O)NC(=O)[C@H]5CSC(=N5)/C(=C/C)NC(=O)[C@H]([C@@H](C)O)NC(=O)c5csc(n5)[C@]3(CC2)NC(=O)[C@H](C)NC(=O)C(=C)NC(=O)C(=C)NC(=O)[C@H](C(C)C)N[C@@H]2C=Cc3c([C@H](C)O)cc(nc3[C@H]2O)C(=O)O[C@@H]4C)n1)C(N)=O. The van der Waals surface area contributed by atoms with Crippen molar-refractivity contribution in [1.82, 2.24) is 83.4 Å². The highest BCUT2D eigenvalue weighted by Crippen LogP contribution is 2.48. The Morgan fingerprint density at radius 3 is 2.09 bits per heavy atom. The van der Waals surface area contributed by atoms with Gasteiger partial charge in [-0.15, -0.1) is 57.1 Å². The number of carbonyl (C=O) groups excluding carboxylic acids is 12. The van der Waals surface area contributed by atoms with Gasteiger partial charge >= 0.3 is 5.97 Å². The second-order valence-corrected chi connectivity index (χ2v) is 31.9. The number of aliphatic hydroxyl groups is 5. The van der Waals surface area contributed by atoms with Crippen molar-refractivity contribution in [3.05, 3.63) is 160 Å². The first-order chi connectivity index (χ1) is 53.2. The molecule has 0 saturated heterocycles. The van der Waals surface area contributed by atoms with Gasteiger partial charge in [-0.2, -0.15) is 0 Å². The zero-order valence-corrected chi connectivity index (χ0v) is 66.0. The van der Waals surface area contributed by atoms with Crippen molar-refractivity contribution in [2.75, 3.05) is 5.75 Å². The van der Waals surface area contributed by atoms with Crippen LogP contribution in [0, 0.1) is 5.92 Å². The van der Waals surface area contributed by atoms with Crippen LogP contribution in [-0.4, -0.2) is 192 Å². The van der Waals surface area contributed by atoms with Crippen LogP contribution in [0.15, 0.2) is 105 Å². The highest BCUT2D eigenvalue weighted by molar-refractivity contribution is 8.14. The fourth-order valence-corrected chi connectivity index (χ4v) is 16.9. The van der Waals surface area contributed by atoms with Gasteiger partial charge in [0.2, 0.25) is 23.6 Å².